The number of phenols is 1. The molecule has 0 saturated heterocycles. The Morgan fingerprint density at radius 1 is 1.26 bits per heavy atom. The number of rotatable bonds is 4. The van der Waals surface area contributed by atoms with Crippen LogP contribution in [0.5, 0.6) is 5.75 Å². The predicted octanol–water partition coefficient (Wildman–Crippen LogP) is 3.27. The van der Waals surface area contributed by atoms with Crippen LogP contribution in [0.25, 0.3) is 0 Å². The summed E-state index contributed by atoms with van der Waals surface area (Å²) in [5, 5.41) is 24.3. The Balaban J connectivity index is 2.08. The zero-order chi connectivity index (χ0) is 17.0. The number of benzene rings is 2. The minimum Gasteiger partial charge on any atom is -0.506 e. The number of hydrogen-bond donors (Lipinski definition) is 2. The summed E-state index contributed by atoms with van der Waals surface area (Å²) in [5.74, 6) is -0.421. The maximum absolute atomic E-state index is 11.9. The van der Waals surface area contributed by atoms with E-state index in [0.29, 0.717) is 9.13 Å². The van der Waals surface area contributed by atoms with Gasteiger partial charge in [0.15, 0.2) is 0 Å². The van der Waals surface area contributed by atoms with Crippen molar-refractivity contribution in [3.05, 3.63) is 64.8 Å². The fourth-order valence-corrected chi connectivity index (χ4v) is 3.53. The quantitative estimate of drug-likeness (QED) is 0.271. The highest BCUT2D eigenvalue weighted by Gasteiger charge is 2.09. The van der Waals surface area contributed by atoms with Gasteiger partial charge in [0.2, 0.25) is 0 Å². The number of amides is 1. The van der Waals surface area contributed by atoms with Crippen LogP contribution in [0.3, 0.4) is 0 Å². The van der Waals surface area contributed by atoms with Gasteiger partial charge < -0.3 is 5.11 Å². The zero-order valence-corrected chi connectivity index (χ0v) is 15.7. The lowest BCUT2D eigenvalue weighted by Crippen LogP contribution is -2.17. The Bertz CT molecular complexity index is 791. The number of hydrazone groups is 1. The van der Waals surface area contributed by atoms with Gasteiger partial charge in [-0.3, -0.25) is 14.9 Å². The topological polar surface area (TPSA) is 105 Å². The third-order valence-electron chi connectivity index (χ3n) is 2.77. The molecule has 0 aromatic heterocycles. The first-order valence-electron chi connectivity index (χ1n) is 6.14. The molecule has 0 aliphatic rings. The Morgan fingerprint density at radius 2 is 1.91 bits per heavy atom. The van der Waals surface area contributed by atoms with Crippen molar-refractivity contribution in [2.24, 2.45) is 5.10 Å². The first kappa shape index (κ1) is 17.6. The second kappa shape index (κ2) is 7.68. The first-order chi connectivity index (χ1) is 10.9. The van der Waals surface area contributed by atoms with Crippen LogP contribution in [0.2, 0.25) is 0 Å². The fraction of sp³-hybridized carbons (Fsp3) is 0. The Morgan fingerprint density at radius 3 is 2.52 bits per heavy atom. The van der Waals surface area contributed by atoms with Crippen molar-refractivity contribution < 1.29 is 14.8 Å². The number of nitro benzene ring substituents is 1. The van der Waals surface area contributed by atoms with E-state index in [1.165, 1.54) is 30.5 Å². The van der Waals surface area contributed by atoms with Gasteiger partial charge in [0.05, 0.1) is 14.7 Å². The van der Waals surface area contributed by atoms with Gasteiger partial charge in [-0.25, -0.2) is 5.43 Å². The minimum absolute atomic E-state index is 0.0827. The number of carbonyl (C=O) groups is 1. The van der Waals surface area contributed by atoms with Crippen LogP contribution in [-0.2, 0) is 0 Å². The van der Waals surface area contributed by atoms with Crippen molar-refractivity contribution in [2.45, 2.75) is 0 Å². The summed E-state index contributed by atoms with van der Waals surface area (Å²) in [5.41, 5.74) is 2.93. The summed E-state index contributed by atoms with van der Waals surface area (Å²) in [7, 11) is 0. The van der Waals surface area contributed by atoms with Crippen LogP contribution < -0.4 is 5.43 Å². The van der Waals surface area contributed by atoms with Gasteiger partial charge in [0.25, 0.3) is 11.6 Å². The van der Waals surface area contributed by atoms with Crippen LogP contribution in [-0.4, -0.2) is 22.2 Å². The predicted molar refractivity (Wildman–Crippen MR) is 102 cm³/mol. The molecule has 1 amide bonds. The summed E-state index contributed by atoms with van der Waals surface area (Å²) in [4.78, 5) is 21.9. The molecule has 2 N–H and O–H groups in total. The Labute approximate surface area is 158 Å². The van der Waals surface area contributed by atoms with E-state index in [4.69, 9.17) is 0 Å². The van der Waals surface area contributed by atoms with Crippen LogP contribution >= 0.6 is 45.2 Å². The highest BCUT2D eigenvalue weighted by Crippen LogP contribution is 2.25. The van der Waals surface area contributed by atoms with Gasteiger partial charge in [-0.05, 0) is 69.4 Å². The van der Waals surface area contributed by atoms with E-state index in [9.17, 15) is 20.0 Å². The largest absolute Gasteiger partial charge is 0.506 e. The third kappa shape index (κ3) is 4.60. The molecular weight excluding hydrogens is 528 g/mol. The van der Waals surface area contributed by atoms with Gasteiger partial charge in [-0.15, -0.1) is 0 Å². The van der Waals surface area contributed by atoms with E-state index in [-0.39, 0.29) is 17.0 Å². The molecule has 23 heavy (non-hydrogen) atoms. The number of nitro groups is 1. The number of nitrogens with one attached hydrogen (secondary N) is 1. The van der Waals surface area contributed by atoms with Crippen LogP contribution in [0.15, 0.2) is 41.5 Å². The van der Waals surface area contributed by atoms with Crippen LogP contribution in [0.4, 0.5) is 5.69 Å². The lowest BCUT2D eigenvalue weighted by molar-refractivity contribution is -0.384. The fourth-order valence-electron chi connectivity index (χ4n) is 1.64. The maximum atomic E-state index is 11.9. The molecule has 0 atom stereocenters. The lowest BCUT2D eigenvalue weighted by Gasteiger charge is -2.03. The van der Waals surface area contributed by atoms with E-state index >= 15 is 0 Å². The molecule has 9 heteroatoms. The van der Waals surface area contributed by atoms with Crippen molar-refractivity contribution in [2.75, 3.05) is 0 Å². The average Bonchev–Trinajstić information content (AvgIpc) is 2.51. The van der Waals surface area contributed by atoms with Gasteiger partial charge >= 0.3 is 0 Å². The van der Waals surface area contributed by atoms with Crippen LogP contribution in [0, 0.1) is 17.3 Å². The first-order valence-corrected chi connectivity index (χ1v) is 8.30. The molecule has 0 spiro atoms. The van der Waals surface area contributed by atoms with Crippen molar-refractivity contribution >= 4 is 63.0 Å². The Hall–Kier alpha value is -1.76. The van der Waals surface area contributed by atoms with E-state index in [1.54, 1.807) is 6.07 Å². The summed E-state index contributed by atoms with van der Waals surface area (Å²) in [6, 6.07) is 8.70. The van der Waals surface area contributed by atoms with Crippen molar-refractivity contribution in [3.8, 4) is 5.75 Å². The van der Waals surface area contributed by atoms with Crippen LogP contribution in [0.1, 0.15) is 15.9 Å². The average molecular weight is 537 g/mol. The molecule has 0 saturated carbocycles. The summed E-state index contributed by atoms with van der Waals surface area (Å²) in [6.45, 7) is 0. The van der Waals surface area contributed by atoms with Gasteiger partial charge in [0, 0.05) is 26.8 Å². The number of aromatic hydroxyl groups is 1. The van der Waals surface area contributed by atoms with Crippen molar-refractivity contribution in [1.82, 2.24) is 5.43 Å². The molecule has 2 rings (SSSR count). The Kier molecular flexibility index (Phi) is 5.87. The number of carbonyl (C=O) groups excluding carboxylic acids is 1. The maximum Gasteiger partial charge on any atom is 0.271 e. The third-order valence-corrected chi connectivity index (χ3v) is 4.21. The standard InChI is InChI=1S/C14H9I2N3O4/c15-10-5-9(13(20)12(16)6-10)7-17-18-14(21)8-1-3-11(4-2-8)19(22)23/h1-7,20H,(H,18,21)/b17-7-. The molecule has 7 nitrogen and oxygen atoms in total. The summed E-state index contributed by atoms with van der Waals surface area (Å²) in [6.07, 6.45) is 1.34. The smallest absolute Gasteiger partial charge is 0.271 e. The second-order valence-corrected chi connectivity index (χ2v) is 6.74. The summed E-state index contributed by atoms with van der Waals surface area (Å²) < 4.78 is 1.60. The molecule has 0 radical (unpaired) electrons. The highest BCUT2D eigenvalue weighted by molar-refractivity contribution is 14.1. The van der Waals surface area contributed by atoms with Crippen molar-refractivity contribution in [3.63, 3.8) is 0 Å². The molecule has 2 aromatic carbocycles. The second-order valence-electron chi connectivity index (χ2n) is 4.33. The molecule has 0 aliphatic carbocycles. The molecule has 0 fully saturated rings. The number of hydrogen-bond acceptors (Lipinski definition) is 5. The SMILES string of the molecule is O=C(N/N=C\c1cc(I)cc(I)c1O)c1ccc([N+](=O)[O-])cc1. The number of phenolic OH excluding ortho intramolecular Hbond substituents is 1. The van der Waals surface area contributed by atoms with Gasteiger partial charge in [0.1, 0.15) is 5.75 Å². The van der Waals surface area contributed by atoms with Crippen molar-refractivity contribution in [1.29, 1.82) is 0 Å². The molecule has 2 aromatic rings. The monoisotopic (exact) mass is 537 g/mol. The molecule has 0 heterocycles. The van der Waals surface area contributed by atoms with E-state index in [1.807, 2.05) is 28.7 Å². The zero-order valence-electron chi connectivity index (χ0n) is 11.4. The van der Waals surface area contributed by atoms with E-state index in [2.05, 4.69) is 33.1 Å². The molecule has 118 valence electrons. The minimum atomic E-state index is -0.540. The van der Waals surface area contributed by atoms with Gasteiger partial charge in [-0.2, -0.15) is 5.10 Å². The van der Waals surface area contributed by atoms with E-state index < -0.39 is 10.8 Å². The molecule has 0 unspecified atom stereocenters. The number of nitrogens with zero attached hydrogens (tertiary/aromatic N) is 2. The molecule has 0 aliphatic heterocycles. The highest BCUT2D eigenvalue weighted by atomic mass is 127. The normalized spacial score (nSPS) is 10.7. The molecule has 0 bridgehead atoms. The lowest BCUT2D eigenvalue weighted by atomic mass is 10.2. The number of non-ortho nitro benzene ring substituents is 1. The number of halogens is 2. The molecular formula is C14H9I2N3O4. The van der Waals surface area contributed by atoms with E-state index in [0.717, 1.165) is 3.57 Å². The summed E-state index contributed by atoms with van der Waals surface area (Å²) >= 11 is 4.11. The van der Waals surface area contributed by atoms with Gasteiger partial charge in [-0.1, -0.05) is 0 Å².